The van der Waals surface area contributed by atoms with Gasteiger partial charge in [-0.25, -0.2) is 0 Å². The molecule has 1 aromatic rings. The highest BCUT2D eigenvalue weighted by Gasteiger charge is 2.36. The number of nitrogens with zero attached hydrogens (tertiary/aromatic N) is 2. The second kappa shape index (κ2) is 4.65. The molecule has 3 rings (SSSR count). The molecule has 3 heteroatoms. The van der Waals surface area contributed by atoms with E-state index in [4.69, 9.17) is 0 Å². The minimum absolute atomic E-state index is 0.620. The SMILES string of the molecule is CCC1CNC(C2CC2)CN1c1cccnc1. The van der Waals surface area contributed by atoms with E-state index >= 15 is 0 Å². The van der Waals surface area contributed by atoms with Crippen molar-refractivity contribution in [3.63, 3.8) is 0 Å². The average Bonchev–Trinajstić information content (AvgIpc) is 3.23. The first-order valence-electron chi connectivity index (χ1n) is 6.78. The maximum Gasteiger partial charge on any atom is 0.0556 e. The summed E-state index contributed by atoms with van der Waals surface area (Å²) in [6.45, 7) is 4.54. The molecule has 2 heterocycles. The quantitative estimate of drug-likeness (QED) is 0.863. The lowest BCUT2D eigenvalue weighted by Crippen LogP contribution is -2.57. The molecule has 0 radical (unpaired) electrons. The first-order valence-corrected chi connectivity index (χ1v) is 6.78. The number of hydrogen-bond acceptors (Lipinski definition) is 3. The van der Waals surface area contributed by atoms with Gasteiger partial charge in [-0.2, -0.15) is 0 Å². The van der Waals surface area contributed by atoms with Crippen molar-refractivity contribution < 1.29 is 0 Å². The lowest BCUT2D eigenvalue weighted by atomic mass is 10.0. The lowest BCUT2D eigenvalue weighted by Gasteiger charge is -2.41. The number of rotatable bonds is 3. The van der Waals surface area contributed by atoms with Crippen molar-refractivity contribution in [2.45, 2.75) is 38.3 Å². The standard InChI is InChI=1S/C14H21N3/c1-2-12-9-16-14(11-5-6-11)10-17(12)13-4-3-7-15-8-13/h3-4,7-8,11-12,14,16H,2,5-6,9-10H2,1H3. The van der Waals surface area contributed by atoms with Gasteiger partial charge in [-0.15, -0.1) is 0 Å². The fourth-order valence-corrected chi connectivity index (χ4v) is 2.84. The van der Waals surface area contributed by atoms with Gasteiger partial charge in [0, 0.05) is 31.4 Å². The van der Waals surface area contributed by atoms with Gasteiger partial charge in [0.05, 0.1) is 11.9 Å². The molecule has 2 atom stereocenters. The van der Waals surface area contributed by atoms with Crippen LogP contribution in [0.25, 0.3) is 0 Å². The van der Waals surface area contributed by atoms with E-state index in [9.17, 15) is 0 Å². The fraction of sp³-hybridized carbons (Fsp3) is 0.643. The predicted octanol–water partition coefficient (Wildman–Crippen LogP) is 2.05. The summed E-state index contributed by atoms with van der Waals surface area (Å²) in [4.78, 5) is 6.80. The topological polar surface area (TPSA) is 28.2 Å². The van der Waals surface area contributed by atoms with E-state index in [1.54, 1.807) is 0 Å². The molecule has 0 bridgehead atoms. The van der Waals surface area contributed by atoms with E-state index < -0.39 is 0 Å². The van der Waals surface area contributed by atoms with Crippen LogP contribution < -0.4 is 10.2 Å². The Bertz CT molecular complexity index is 361. The van der Waals surface area contributed by atoms with E-state index in [0.717, 1.165) is 19.0 Å². The third-order valence-corrected chi connectivity index (χ3v) is 4.09. The lowest BCUT2D eigenvalue weighted by molar-refractivity contribution is 0.359. The van der Waals surface area contributed by atoms with Crippen LogP contribution in [0.4, 0.5) is 5.69 Å². The van der Waals surface area contributed by atoms with Gasteiger partial charge < -0.3 is 10.2 Å². The second-order valence-electron chi connectivity index (χ2n) is 5.28. The zero-order valence-corrected chi connectivity index (χ0v) is 10.5. The van der Waals surface area contributed by atoms with E-state index in [2.05, 4.69) is 28.2 Å². The van der Waals surface area contributed by atoms with Crippen LogP contribution in [-0.2, 0) is 0 Å². The van der Waals surface area contributed by atoms with Gasteiger partial charge in [-0.3, -0.25) is 4.98 Å². The molecule has 1 aromatic heterocycles. The highest BCUT2D eigenvalue weighted by Crippen LogP contribution is 2.35. The minimum atomic E-state index is 0.620. The summed E-state index contributed by atoms with van der Waals surface area (Å²) in [6.07, 6.45) is 7.87. The molecule has 2 aliphatic rings. The van der Waals surface area contributed by atoms with Crippen LogP contribution in [-0.4, -0.2) is 30.2 Å². The summed E-state index contributed by atoms with van der Waals surface area (Å²) >= 11 is 0. The highest BCUT2D eigenvalue weighted by atomic mass is 15.2. The average molecular weight is 231 g/mol. The zero-order chi connectivity index (χ0) is 11.7. The Kier molecular flexibility index (Phi) is 3.02. The van der Waals surface area contributed by atoms with Crippen molar-refractivity contribution in [3.8, 4) is 0 Å². The van der Waals surface area contributed by atoms with E-state index in [1.165, 1.54) is 24.9 Å². The van der Waals surface area contributed by atoms with Crippen LogP contribution in [0, 0.1) is 5.92 Å². The Labute approximate surface area is 103 Å². The van der Waals surface area contributed by atoms with Gasteiger partial charge >= 0.3 is 0 Å². The Morgan fingerprint density at radius 1 is 1.47 bits per heavy atom. The van der Waals surface area contributed by atoms with Gasteiger partial charge in [0.1, 0.15) is 0 Å². The number of piperazine rings is 1. The van der Waals surface area contributed by atoms with Crippen LogP contribution in [0.1, 0.15) is 26.2 Å². The predicted molar refractivity (Wildman–Crippen MR) is 70.2 cm³/mol. The third-order valence-electron chi connectivity index (χ3n) is 4.09. The van der Waals surface area contributed by atoms with E-state index in [1.807, 2.05) is 18.5 Å². The molecule has 1 aliphatic heterocycles. The summed E-state index contributed by atoms with van der Waals surface area (Å²) in [5.41, 5.74) is 1.28. The number of pyridine rings is 1. The van der Waals surface area contributed by atoms with Crippen LogP contribution in [0.15, 0.2) is 24.5 Å². The number of aromatic nitrogens is 1. The summed E-state index contributed by atoms with van der Waals surface area (Å²) in [5, 5.41) is 3.72. The molecule has 3 nitrogen and oxygen atoms in total. The number of nitrogens with one attached hydrogen (secondary N) is 1. The molecule has 0 aromatic carbocycles. The van der Waals surface area contributed by atoms with Crippen LogP contribution >= 0.6 is 0 Å². The first kappa shape index (κ1) is 11.0. The van der Waals surface area contributed by atoms with Gasteiger partial charge in [0.15, 0.2) is 0 Å². The summed E-state index contributed by atoms with van der Waals surface area (Å²) in [5.74, 6) is 0.923. The molecule has 2 fully saturated rings. The van der Waals surface area contributed by atoms with Crippen molar-refractivity contribution in [1.29, 1.82) is 0 Å². The van der Waals surface area contributed by atoms with Gasteiger partial charge in [0.25, 0.3) is 0 Å². The Morgan fingerprint density at radius 2 is 2.35 bits per heavy atom. The van der Waals surface area contributed by atoms with Crippen molar-refractivity contribution in [3.05, 3.63) is 24.5 Å². The molecule has 17 heavy (non-hydrogen) atoms. The van der Waals surface area contributed by atoms with Crippen molar-refractivity contribution in [2.24, 2.45) is 5.92 Å². The number of anilines is 1. The smallest absolute Gasteiger partial charge is 0.0556 e. The second-order valence-corrected chi connectivity index (χ2v) is 5.28. The highest BCUT2D eigenvalue weighted by molar-refractivity contribution is 5.46. The van der Waals surface area contributed by atoms with Crippen molar-refractivity contribution in [2.75, 3.05) is 18.0 Å². The Morgan fingerprint density at radius 3 is 3.00 bits per heavy atom. The van der Waals surface area contributed by atoms with Gasteiger partial charge in [0.2, 0.25) is 0 Å². The van der Waals surface area contributed by atoms with E-state index in [0.29, 0.717) is 12.1 Å². The molecule has 1 saturated carbocycles. The Hall–Kier alpha value is -1.09. The third kappa shape index (κ3) is 2.29. The zero-order valence-electron chi connectivity index (χ0n) is 10.5. The van der Waals surface area contributed by atoms with Crippen molar-refractivity contribution >= 4 is 5.69 Å². The largest absolute Gasteiger partial charge is 0.364 e. The summed E-state index contributed by atoms with van der Waals surface area (Å²) in [6, 6.07) is 5.54. The van der Waals surface area contributed by atoms with Crippen LogP contribution in [0.5, 0.6) is 0 Å². The molecule has 2 unspecified atom stereocenters. The molecular formula is C14H21N3. The normalized spacial score (nSPS) is 29.4. The van der Waals surface area contributed by atoms with Crippen molar-refractivity contribution in [1.82, 2.24) is 10.3 Å². The molecule has 1 saturated heterocycles. The minimum Gasteiger partial charge on any atom is -0.364 e. The van der Waals surface area contributed by atoms with E-state index in [-0.39, 0.29) is 0 Å². The first-order chi connectivity index (χ1) is 8.38. The summed E-state index contributed by atoms with van der Waals surface area (Å²) < 4.78 is 0. The molecular weight excluding hydrogens is 210 g/mol. The van der Waals surface area contributed by atoms with Gasteiger partial charge in [-0.1, -0.05) is 6.92 Å². The molecule has 0 amide bonds. The number of hydrogen-bond donors (Lipinski definition) is 1. The maximum atomic E-state index is 4.25. The van der Waals surface area contributed by atoms with Crippen LogP contribution in [0.2, 0.25) is 0 Å². The maximum absolute atomic E-state index is 4.25. The molecule has 0 spiro atoms. The molecule has 1 aliphatic carbocycles. The monoisotopic (exact) mass is 231 g/mol. The fourth-order valence-electron chi connectivity index (χ4n) is 2.84. The molecule has 1 N–H and O–H groups in total. The van der Waals surface area contributed by atoms with Crippen LogP contribution in [0.3, 0.4) is 0 Å². The van der Waals surface area contributed by atoms with Gasteiger partial charge in [-0.05, 0) is 37.3 Å². The molecule has 92 valence electrons. The summed E-state index contributed by atoms with van der Waals surface area (Å²) in [7, 11) is 0. The Balaban J connectivity index is 1.77.